The smallest absolute Gasteiger partial charge is 0.304 e. The lowest BCUT2D eigenvalue weighted by Crippen LogP contribution is -2.03. The average Bonchev–Trinajstić information content (AvgIpc) is 2.49. The maximum atomic E-state index is 10.5. The van der Waals surface area contributed by atoms with Crippen LogP contribution in [0.25, 0.3) is 0 Å². The first-order valence-corrected chi connectivity index (χ1v) is 8.13. The number of allylic oxidation sites excluding steroid dienone is 1. The molecule has 0 aliphatic rings. The van der Waals surface area contributed by atoms with Gasteiger partial charge in [-0.1, -0.05) is 63.4 Å². The molecule has 0 aromatic heterocycles. The molecule has 0 spiro atoms. The molecule has 2 N–H and O–H groups in total. The number of aliphatic carboxylic acids is 1. The highest BCUT2D eigenvalue weighted by atomic mass is 16.4. The summed E-state index contributed by atoms with van der Waals surface area (Å²) in [6.45, 7) is 5.75. The third kappa shape index (κ3) is 13.3. The minimum absolute atomic E-state index is 0.0707. The van der Waals surface area contributed by atoms with E-state index >= 15 is 0 Å². The Balaban J connectivity index is 3.86. The zero-order chi connectivity index (χ0) is 16.6. The van der Waals surface area contributed by atoms with Crippen molar-refractivity contribution < 1.29 is 15.0 Å². The predicted molar refractivity (Wildman–Crippen MR) is 90.1 cm³/mol. The summed E-state index contributed by atoms with van der Waals surface area (Å²) in [5.41, 5.74) is 0. The molecular weight excluding hydrogens is 276 g/mol. The summed E-state index contributed by atoms with van der Waals surface area (Å²) in [4.78, 5) is 10.5. The Bertz CT molecular complexity index is 431. The van der Waals surface area contributed by atoms with Crippen LogP contribution in [0.1, 0.15) is 64.7 Å². The van der Waals surface area contributed by atoms with Crippen molar-refractivity contribution in [2.24, 2.45) is 5.92 Å². The highest BCUT2D eigenvalue weighted by Gasteiger charge is 2.04. The third-order valence-corrected chi connectivity index (χ3v) is 3.32. The van der Waals surface area contributed by atoms with Gasteiger partial charge in [0.05, 0.1) is 6.42 Å². The predicted octanol–water partition coefficient (Wildman–Crippen LogP) is 3.77. The fourth-order valence-corrected chi connectivity index (χ4v) is 2.00. The summed E-state index contributed by atoms with van der Waals surface area (Å²) in [7, 11) is 0. The van der Waals surface area contributed by atoms with Crippen LogP contribution in [0.4, 0.5) is 0 Å². The second-order valence-corrected chi connectivity index (χ2v) is 5.40. The number of aliphatic hydroxyl groups excluding tert-OH is 1. The summed E-state index contributed by atoms with van der Waals surface area (Å²) < 4.78 is 0. The molecule has 0 aliphatic carbocycles. The lowest BCUT2D eigenvalue weighted by molar-refractivity contribution is -0.137. The summed E-state index contributed by atoms with van der Waals surface area (Å²) in [5.74, 6) is 9.27. The van der Waals surface area contributed by atoms with Crippen molar-refractivity contribution in [3.05, 3.63) is 12.7 Å². The minimum atomic E-state index is -0.911. The number of carboxylic acids is 1. The van der Waals surface area contributed by atoms with Crippen molar-refractivity contribution >= 4 is 5.97 Å². The van der Waals surface area contributed by atoms with Crippen molar-refractivity contribution in [1.29, 1.82) is 0 Å². The number of aliphatic hydroxyl groups is 1. The molecule has 0 amide bonds. The summed E-state index contributed by atoms with van der Waals surface area (Å²) in [6.07, 6.45) is 9.91. The maximum Gasteiger partial charge on any atom is 0.304 e. The van der Waals surface area contributed by atoms with Gasteiger partial charge in [0.1, 0.15) is 6.10 Å². The summed E-state index contributed by atoms with van der Waals surface area (Å²) in [6, 6.07) is 0. The average molecular weight is 304 g/mol. The van der Waals surface area contributed by atoms with E-state index in [9.17, 15) is 9.90 Å². The normalized spacial score (nSPS) is 12.3. The van der Waals surface area contributed by atoms with Gasteiger partial charge in [0.2, 0.25) is 0 Å². The van der Waals surface area contributed by atoms with Gasteiger partial charge in [-0.2, -0.15) is 0 Å². The van der Waals surface area contributed by atoms with Crippen molar-refractivity contribution in [3.8, 4) is 23.7 Å². The van der Waals surface area contributed by atoms with Crippen LogP contribution in [0.5, 0.6) is 0 Å². The lowest BCUT2D eigenvalue weighted by atomic mass is 10.1. The van der Waals surface area contributed by atoms with E-state index in [4.69, 9.17) is 5.11 Å². The molecule has 0 aromatic carbocycles. The fourth-order valence-electron chi connectivity index (χ4n) is 2.00. The molecule has 0 bridgehead atoms. The summed E-state index contributed by atoms with van der Waals surface area (Å²) >= 11 is 0. The lowest BCUT2D eigenvalue weighted by Gasteiger charge is -2.03. The SMILES string of the molecule is C=CC(C#CC#CC(O)CCCCCCCCC)CC(=O)O. The van der Waals surface area contributed by atoms with E-state index in [1.54, 1.807) is 0 Å². The Morgan fingerprint density at radius 2 is 1.68 bits per heavy atom. The van der Waals surface area contributed by atoms with Crippen LogP contribution < -0.4 is 0 Å². The van der Waals surface area contributed by atoms with Crippen molar-refractivity contribution in [2.45, 2.75) is 70.8 Å². The van der Waals surface area contributed by atoms with Crippen LogP contribution in [0.15, 0.2) is 12.7 Å². The molecule has 0 aromatic rings. The van der Waals surface area contributed by atoms with Gasteiger partial charge in [-0.3, -0.25) is 4.79 Å². The van der Waals surface area contributed by atoms with Crippen LogP contribution in [-0.2, 0) is 4.79 Å². The van der Waals surface area contributed by atoms with E-state index < -0.39 is 18.0 Å². The summed E-state index contributed by atoms with van der Waals surface area (Å²) in [5, 5.41) is 18.4. The molecule has 0 fully saturated rings. The van der Waals surface area contributed by atoms with E-state index in [1.165, 1.54) is 38.2 Å². The molecule has 122 valence electrons. The zero-order valence-corrected chi connectivity index (χ0v) is 13.6. The molecule has 3 heteroatoms. The monoisotopic (exact) mass is 304 g/mol. The molecule has 0 aliphatic heterocycles. The van der Waals surface area contributed by atoms with Gasteiger partial charge < -0.3 is 10.2 Å². The van der Waals surface area contributed by atoms with Crippen LogP contribution in [-0.4, -0.2) is 22.3 Å². The van der Waals surface area contributed by atoms with Gasteiger partial charge in [0, 0.05) is 5.92 Å². The van der Waals surface area contributed by atoms with E-state index in [0.717, 1.165) is 12.8 Å². The molecule has 0 saturated carbocycles. The Hall–Kier alpha value is -1.71. The first-order chi connectivity index (χ1) is 10.6. The highest BCUT2D eigenvalue weighted by Crippen LogP contribution is 2.09. The Morgan fingerprint density at radius 1 is 1.09 bits per heavy atom. The number of rotatable bonds is 11. The van der Waals surface area contributed by atoms with Crippen LogP contribution in [0.3, 0.4) is 0 Å². The highest BCUT2D eigenvalue weighted by molar-refractivity contribution is 5.68. The van der Waals surface area contributed by atoms with Crippen LogP contribution in [0.2, 0.25) is 0 Å². The minimum Gasteiger partial charge on any atom is -0.481 e. The van der Waals surface area contributed by atoms with Crippen molar-refractivity contribution in [2.75, 3.05) is 0 Å². The van der Waals surface area contributed by atoms with Gasteiger partial charge in [0.15, 0.2) is 0 Å². The molecule has 2 unspecified atom stereocenters. The molecule has 3 nitrogen and oxygen atoms in total. The van der Waals surface area contributed by atoms with Crippen LogP contribution >= 0.6 is 0 Å². The fraction of sp³-hybridized carbons (Fsp3) is 0.632. The van der Waals surface area contributed by atoms with Crippen LogP contribution in [0, 0.1) is 29.6 Å². The first kappa shape index (κ1) is 20.3. The Morgan fingerprint density at radius 3 is 2.27 bits per heavy atom. The Kier molecular flexibility index (Phi) is 13.1. The van der Waals surface area contributed by atoms with Gasteiger partial charge >= 0.3 is 5.97 Å². The van der Waals surface area contributed by atoms with E-state index in [-0.39, 0.29) is 6.42 Å². The number of hydrogen-bond acceptors (Lipinski definition) is 2. The third-order valence-electron chi connectivity index (χ3n) is 3.32. The molecule has 0 radical (unpaired) electrons. The van der Waals surface area contributed by atoms with Crippen molar-refractivity contribution in [3.63, 3.8) is 0 Å². The second kappa shape index (κ2) is 14.2. The van der Waals surface area contributed by atoms with Gasteiger partial charge in [-0.25, -0.2) is 0 Å². The second-order valence-electron chi connectivity index (χ2n) is 5.40. The Labute approximate surface area is 134 Å². The van der Waals surface area contributed by atoms with Gasteiger partial charge in [-0.05, 0) is 24.7 Å². The molecule has 2 atom stereocenters. The molecule has 0 heterocycles. The maximum absolute atomic E-state index is 10.5. The van der Waals surface area contributed by atoms with Gasteiger partial charge in [-0.15, -0.1) is 6.58 Å². The number of hydrogen-bond donors (Lipinski definition) is 2. The van der Waals surface area contributed by atoms with E-state index in [2.05, 4.69) is 37.2 Å². The quantitative estimate of drug-likeness (QED) is 0.347. The number of carbonyl (C=O) groups is 1. The molecule has 0 saturated heterocycles. The first-order valence-electron chi connectivity index (χ1n) is 8.13. The molecule has 22 heavy (non-hydrogen) atoms. The topological polar surface area (TPSA) is 57.5 Å². The van der Waals surface area contributed by atoms with E-state index in [0.29, 0.717) is 6.42 Å². The standard InChI is InChI=1S/C19H28O3/c1-3-5-6-7-8-9-10-14-18(20)15-12-11-13-17(4-2)16-19(21)22/h4,17-18,20H,2-3,5-10,14,16H2,1H3,(H,21,22). The largest absolute Gasteiger partial charge is 0.481 e. The van der Waals surface area contributed by atoms with E-state index in [1.807, 2.05) is 0 Å². The van der Waals surface area contributed by atoms with Crippen molar-refractivity contribution in [1.82, 2.24) is 0 Å². The molecule has 0 rings (SSSR count). The molecular formula is C19H28O3. The van der Waals surface area contributed by atoms with Gasteiger partial charge in [0.25, 0.3) is 0 Å². The number of unbranched alkanes of at least 4 members (excludes halogenated alkanes) is 6. The zero-order valence-electron chi connectivity index (χ0n) is 13.6. The number of carboxylic acid groups (broad SMARTS) is 1.